The van der Waals surface area contributed by atoms with Gasteiger partial charge in [-0.25, -0.2) is 0 Å². The second-order valence-electron chi connectivity index (χ2n) is 5.31. The third-order valence-corrected chi connectivity index (χ3v) is 3.86. The summed E-state index contributed by atoms with van der Waals surface area (Å²) in [5.41, 5.74) is 8.87. The molecule has 0 aliphatic rings. The zero-order valence-corrected chi connectivity index (χ0v) is 13.2. The number of nitrogens with zero attached hydrogens (tertiary/aromatic N) is 2. The van der Waals surface area contributed by atoms with Crippen molar-refractivity contribution in [3.63, 3.8) is 0 Å². The minimum absolute atomic E-state index is 0.469. The van der Waals surface area contributed by atoms with Crippen LogP contribution in [0.3, 0.4) is 0 Å². The summed E-state index contributed by atoms with van der Waals surface area (Å²) in [6.45, 7) is 7.38. The van der Waals surface area contributed by atoms with E-state index in [0.29, 0.717) is 19.2 Å². The molecule has 0 atom stereocenters. The molecule has 0 spiro atoms. The van der Waals surface area contributed by atoms with Crippen molar-refractivity contribution < 1.29 is 4.74 Å². The number of para-hydroxylation sites is 1. The molecule has 114 valence electrons. The highest BCUT2D eigenvalue weighted by molar-refractivity contribution is 5.40. The van der Waals surface area contributed by atoms with Crippen LogP contribution in [0.1, 0.15) is 49.6 Å². The van der Waals surface area contributed by atoms with Gasteiger partial charge in [-0.3, -0.25) is 4.68 Å². The molecule has 0 saturated heterocycles. The fourth-order valence-electron chi connectivity index (χ4n) is 2.55. The predicted molar refractivity (Wildman–Crippen MR) is 85.2 cm³/mol. The molecule has 0 aliphatic heterocycles. The summed E-state index contributed by atoms with van der Waals surface area (Å²) in [4.78, 5) is 0. The highest BCUT2D eigenvalue weighted by Gasteiger charge is 2.10. The number of benzene rings is 1. The lowest BCUT2D eigenvalue weighted by Crippen LogP contribution is -2.09. The first-order chi connectivity index (χ1) is 10.2. The summed E-state index contributed by atoms with van der Waals surface area (Å²) in [6.07, 6.45) is 4.22. The normalized spacial score (nSPS) is 11.1. The fraction of sp³-hybridized carbons (Fsp3) is 0.471. The van der Waals surface area contributed by atoms with Crippen LogP contribution in [0.25, 0.3) is 0 Å². The van der Waals surface area contributed by atoms with Gasteiger partial charge in [0.25, 0.3) is 0 Å². The molecular formula is C17H25N3O. The lowest BCUT2D eigenvalue weighted by atomic mass is 10.1. The standard InChI is InChI=1S/C17H25N3O/c1-4-16(5-2)20-10-9-15(19-20)12-21-17-13(3)7-6-8-14(17)11-18/h6-10,16H,4-5,11-12,18H2,1-3H3. The maximum Gasteiger partial charge on any atom is 0.132 e. The van der Waals surface area contributed by atoms with Gasteiger partial charge >= 0.3 is 0 Å². The molecule has 4 heteroatoms. The molecule has 4 nitrogen and oxygen atoms in total. The molecule has 0 amide bonds. The van der Waals surface area contributed by atoms with Crippen LogP contribution in [-0.2, 0) is 13.2 Å². The van der Waals surface area contributed by atoms with Gasteiger partial charge in [-0.05, 0) is 31.4 Å². The van der Waals surface area contributed by atoms with E-state index < -0.39 is 0 Å². The van der Waals surface area contributed by atoms with Gasteiger partial charge < -0.3 is 10.5 Å². The number of ether oxygens (including phenoxy) is 1. The highest BCUT2D eigenvalue weighted by Crippen LogP contribution is 2.24. The van der Waals surface area contributed by atoms with Crippen molar-refractivity contribution in [2.75, 3.05) is 0 Å². The van der Waals surface area contributed by atoms with Crippen LogP contribution in [0, 0.1) is 6.92 Å². The predicted octanol–water partition coefficient (Wildman–Crippen LogP) is 3.59. The van der Waals surface area contributed by atoms with Crippen molar-refractivity contribution in [2.45, 2.75) is 52.8 Å². The molecule has 2 rings (SSSR count). The van der Waals surface area contributed by atoms with Crippen molar-refractivity contribution in [1.29, 1.82) is 0 Å². The van der Waals surface area contributed by atoms with E-state index in [1.165, 1.54) is 0 Å². The minimum Gasteiger partial charge on any atom is -0.487 e. The van der Waals surface area contributed by atoms with Crippen molar-refractivity contribution >= 4 is 0 Å². The average molecular weight is 287 g/mol. The molecule has 21 heavy (non-hydrogen) atoms. The number of aromatic nitrogens is 2. The second kappa shape index (κ2) is 7.27. The first-order valence-corrected chi connectivity index (χ1v) is 7.64. The van der Waals surface area contributed by atoms with E-state index in [2.05, 4.69) is 18.9 Å². The zero-order chi connectivity index (χ0) is 15.2. The van der Waals surface area contributed by atoms with Gasteiger partial charge in [0.15, 0.2) is 0 Å². The number of hydrogen-bond donors (Lipinski definition) is 1. The molecule has 1 aromatic carbocycles. The Labute approximate surface area is 126 Å². The van der Waals surface area contributed by atoms with Crippen LogP contribution in [0.4, 0.5) is 0 Å². The molecular weight excluding hydrogens is 262 g/mol. The van der Waals surface area contributed by atoms with E-state index in [1.807, 2.05) is 42.1 Å². The first-order valence-electron chi connectivity index (χ1n) is 7.64. The molecule has 0 aliphatic carbocycles. The summed E-state index contributed by atoms with van der Waals surface area (Å²) in [7, 11) is 0. The van der Waals surface area contributed by atoms with Crippen LogP contribution in [0.15, 0.2) is 30.5 Å². The van der Waals surface area contributed by atoms with E-state index in [1.54, 1.807) is 0 Å². The molecule has 2 aromatic rings. The third-order valence-electron chi connectivity index (χ3n) is 3.86. The fourth-order valence-corrected chi connectivity index (χ4v) is 2.55. The van der Waals surface area contributed by atoms with Crippen molar-refractivity contribution in [3.05, 3.63) is 47.3 Å². The van der Waals surface area contributed by atoms with E-state index in [9.17, 15) is 0 Å². The van der Waals surface area contributed by atoms with Crippen LogP contribution in [-0.4, -0.2) is 9.78 Å². The molecule has 0 radical (unpaired) electrons. The van der Waals surface area contributed by atoms with Gasteiger partial charge in [-0.1, -0.05) is 32.0 Å². The van der Waals surface area contributed by atoms with Crippen LogP contribution >= 0.6 is 0 Å². The Hall–Kier alpha value is -1.81. The monoisotopic (exact) mass is 287 g/mol. The summed E-state index contributed by atoms with van der Waals surface area (Å²) in [6, 6.07) is 8.55. The SMILES string of the molecule is CCC(CC)n1ccc(COc2c(C)cccc2CN)n1. The molecule has 2 N–H and O–H groups in total. The number of aryl methyl sites for hydroxylation is 1. The Morgan fingerprint density at radius 2 is 2.00 bits per heavy atom. The van der Waals surface area contributed by atoms with E-state index in [4.69, 9.17) is 10.5 Å². The summed E-state index contributed by atoms with van der Waals surface area (Å²) in [5.74, 6) is 0.886. The Morgan fingerprint density at radius 3 is 2.67 bits per heavy atom. The smallest absolute Gasteiger partial charge is 0.132 e. The van der Waals surface area contributed by atoms with Gasteiger partial charge in [-0.15, -0.1) is 0 Å². The Morgan fingerprint density at radius 1 is 1.24 bits per heavy atom. The molecule has 0 bridgehead atoms. The Balaban J connectivity index is 2.07. The molecule has 0 unspecified atom stereocenters. The number of rotatable bonds is 7. The van der Waals surface area contributed by atoms with Crippen molar-refractivity contribution in [2.24, 2.45) is 5.73 Å². The van der Waals surface area contributed by atoms with Crippen LogP contribution < -0.4 is 10.5 Å². The van der Waals surface area contributed by atoms with Gasteiger partial charge in [-0.2, -0.15) is 5.10 Å². The maximum absolute atomic E-state index is 5.95. The molecule has 1 aromatic heterocycles. The lowest BCUT2D eigenvalue weighted by Gasteiger charge is -2.13. The first kappa shape index (κ1) is 15.6. The van der Waals surface area contributed by atoms with Crippen molar-refractivity contribution in [3.8, 4) is 5.75 Å². The summed E-state index contributed by atoms with van der Waals surface area (Å²) in [5, 5.41) is 4.61. The van der Waals surface area contributed by atoms with E-state index >= 15 is 0 Å². The van der Waals surface area contributed by atoms with Gasteiger partial charge in [0.1, 0.15) is 12.4 Å². The molecule has 0 saturated carbocycles. The minimum atomic E-state index is 0.469. The van der Waals surface area contributed by atoms with Gasteiger partial charge in [0, 0.05) is 18.3 Å². The van der Waals surface area contributed by atoms with Crippen LogP contribution in [0.2, 0.25) is 0 Å². The van der Waals surface area contributed by atoms with Gasteiger partial charge in [0.2, 0.25) is 0 Å². The number of nitrogens with two attached hydrogens (primary N) is 1. The quantitative estimate of drug-likeness (QED) is 0.846. The van der Waals surface area contributed by atoms with Gasteiger partial charge in [0.05, 0.1) is 11.7 Å². The van der Waals surface area contributed by atoms with E-state index in [0.717, 1.165) is 35.4 Å². The summed E-state index contributed by atoms with van der Waals surface area (Å²) < 4.78 is 7.99. The Bertz CT molecular complexity index is 573. The average Bonchev–Trinajstić information content (AvgIpc) is 2.96. The topological polar surface area (TPSA) is 53.1 Å². The maximum atomic E-state index is 5.95. The largest absolute Gasteiger partial charge is 0.487 e. The highest BCUT2D eigenvalue weighted by atomic mass is 16.5. The third kappa shape index (κ3) is 3.64. The summed E-state index contributed by atoms with van der Waals surface area (Å²) >= 11 is 0. The zero-order valence-electron chi connectivity index (χ0n) is 13.2. The van der Waals surface area contributed by atoms with Crippen LogP contribution in [0.5, 0.6) is 5.75 Å². The van der Waals surface area contributed by atoms with E-state index in [-0.39, 0.29) is 0 Å². The van der Waals surface area contributed by atoms with Crippen molar-refractivity contribution in [1.82, 2.24) is 9.78 Å². The Kier molecular flexibility index (Phi) is 5.39. The molecule has 1 heterocycles. The molecule has 0 fully saturated rings. The number of hydrogen-bond acceptors (Lipinski definition) is 3. The lowest BCUT2D eigenvalue weighted by molar-refractivity contribution is 0.292. The second-order valence-corrected chi connectivity index (χ2v) is 5.31.